The number of carbonyl (C=O) groups excluding carboxylic acids is 1. The zero-order chi connectivity index (χ0) is 12.8. The predicted octanol–water partition coefficient (Wildman–Crippen LogP) is 2.57. The molecule has 0 fully saturated rings. The lowest BCUT2D eigenvalue weighted by Crippen LogP contribution is -2.36. The Morgan fingerprint density at radius 3 is 2.82 bits per heavy atom. The van der Waals surface area contributed by atoms with Gasteiger partial charge in [-0.3, -0.25) is 4.79 Å². The van der Waals surface area contributed by atoms with Crippen LogP contribution in [0.1, 0.15) is 29.3 Å². The summed E-state index contributed by atoms with van der Waals surface area (Å²) < 4.78 is 0. The van der Waals surface area contributed by atoms with Gasteiger partial charge in [-0.25, -0.2) is 0 Å². The van der Waals surface area contributed by atoms with E-state index in [1.54, 1.807) is 36.9 Å². The molecular weight excluding hydrogens is 234 g/mol. The van der Waals surface area contributed by atoms with Crippen molar-refractivity contribution in [2.45, 2.75) is 26.3 Å². The normalized spacial score (nSPS) is 12.2. The van der Waals surface area contributed by atoms with E-state index in [1.807, 2.05) is 13.2 Å². The predicted molar refractivity (Wildman–Crippen MR) is 72.8 cm³/mol. The van der Waals surface area contributed by atoms with Crippen LogP contribution in [-0.4, -0.2) is 29.1 Å². The van der Waals surface area contributed by atoms with Gasteiger partial charge in [0.15, 0.2) is 0 Å². The SMILES string of the molecule is CCC(CSC)NC(=O)c1cccc(C)c1O. The lowest BCUT2D eigenvalue weighted by atomic mass is 10.1. The molecule has 4 heteroatoms. The molecule has 0 heterocycles. The molecule has 1 amide bonds. The third-order valence-electron chi connectivity index (χ3n) is 2.68. The number of hydrogen-bond acceptors (Lipinski definition) is 3. The van der Waals surface area contributed by atoms with Crippen LogP contribution in [0.5, 0.6) is 5.75 Å². The molecule has 0 bridgehead atoms. The van der Waals surface area contributed by atoms with Crippen molar-refractivity contribution in [2.75, 3.05) is 12.0 Å². The second kappa shape index (κ2) is 6.55. The standard InChI is InChI=1S/C13H19NO2S/c1-4-10(8-17-3)14-13(16)11-7-5-6-9(2)12(11)15/h5-7,10,15H,4,8H2,1-3H3,(H,14,16). The molecule has 17 heavy (non-hydrogen) atoms. The van der Waals surface area contributed by atoms with Crippen molar-refractivity contribution < 1.29 is 9.90 Å². The van der Waals surface area contributed by atoms with E-state index >= 15 is 0 Å². The minimum Gasteiger partial charge on any atom is -0.507 e. The van der Waals surface area contributed by atoms with Gasteiger partial charge in [0, 0.05) is 11.8 Å². The molecule has 0 aliphatic rings. The molecule has 1 aromatic carbocycles. The number of nitrogens with one attached hydrogen (secondary N) is 1. The summed E-state index contributed by atoms with van der Waals surface area (Å²) in [5.74, 6) is 0.755. The number of thioether (sulfide) groups is 1. The Kier molecular flexibility index (Phi) is 5.35. The van der Waals surface area contributed by atoms with Gasteiger partial charge in [0.1, 0.15) is 5.75 Å². The number of aryl methyl sites for hydroxylation is 1. The maximum absolute atomic E-state index is 12.0. The lowest BCUT2D eigenvalue weighted by Gasteiger charge is -2.16. The molecule has 94 valence electrons. The van der Waals surface area contributed by atoms with Crippen LogP contribution in [0.3, 0.4) is 0 Å². The Hall–Kier alpha value is -1.16. The van der Waals surface area contributed by atoms with Gasteiger partial charge in [-0.05, 0) is 31.2 Å². The van der Waals surface area contributed by atoms with Crippen LogP contribution in [0.2, 0.25) is 0 Å². The third kappa shape index (κ3) is 3.66. The Morgan fingerprint density at radius 1 is 1.53 bits per heavy atom. The molecule has 1 unspecified atom stereocenters. The van der Waals surface area contributed by atoms with Crippen molar-refractivity contribution in [3.8, 4) is 5.75 Å². The summed E-state index contributed by atoms with van der Waals surface area (Å²) in [6, 6.07) is 5.35. The smallest absolute Gasteiger partial charge is 0.255 e. The fourth-order valence-corrected chi connectivity index (χ4v) is 2.29. The van der Waals surface area contributed by atoms with Gasteiger partial charge in [0.25, 0.3) is 5.91 Å². The second-order valence-corrected chi connectivity index (χ2v) is 4.92. The Labute approximate surface area is 107 Å². The minimum atomic E-state index is -0.202. The first-order valence-corrected chi connectivity index (χ1v) is 7.07. The molecule has 1 atom stereocenters. The average Bonchev–Trinajstić information content (AvgIpc) is 2.31. The van der Waals surface area contributed by atoms with E-state index in [1.165, 1.54) is 0 Å². The maximum atomic E-state index is 12.0. The van der Waals surface area contributed by atoms with E-state index in [0.717, 1.165) is 17.7 Å². The molecule has 0 aliphatic heterocycles. The Bertz CT molecular complexity index is 393. The zero-order valence-corrected chi connectivity index (χ0v) is 11.3. The number of amides is 1. The second-order valence-electron chi connectivity index (χ2n) is 4.01. The van der Waals surface area contributed by atoms with E-state index in [9.17, 15) is 9.90 Å². The summed E-state index contributed by atoms with van der Waals surface area (Å²) >= 11 is 1.70. The first-order valence-electron chi connectivity index (χ1n) is 5.68. The third-order valence-corrected chi connectivity index (χ3v) is 3.41. The van der Waals surface area contributed by atoms with Crippen molar-refractivity contribution in [3.05, 3.63) is 29.3 Å². The molecule has 3 nitrogen and oxygen atoms in total. The van der Waals surface area contributed by atoms with Crippen LogP contribution in [0, 0.1) is 6.92 Å². The van der Waals surface area contributed by atoms with Gasteiger partial charge in [-0.1, -0.05) is 19.1 Å². The molecule has 0 aromatic heterocycles. The average molecular weight is 253 g/mol. The summed E-state index contributed by atoms with van der Waals surface area (Å²) in [5, 5.41) is 12.7. The first-order chi connectivity index (χ1) is 8.10. The van der Waals surface area contributed by atoms with Crippen LogP contribution in [0.4, 0.5) is 0 Å². The number of rotatable bonds is 5. The summed E-state index contributed by atoms with van der Waals surface area (Å²) in [6.45, 7) is 3.82. The number of hydrogen-bond donors (Lipinski definition) is 2. The highest BCUT2D eigenvalue weighted by Crippen LogP contribution is 2.21. The number of phenols is 1. The van der Waals surface area contributed by atoms with E-state index in [0.29, 0.717) is 5.56 Å². The largest absolute Gasteiger partial charge is 0.507 e. The zero-order valence-electron chi connectivity index (χ0n) is 10.5. The van der Waals surface area contributed by atoms with Gasteiger partial charge in [0.05, 0.1) is 5.56 Å². The van der Waals surface area contributed by atoms with Crippen molar-refractivity contribution >= 4 is 17.7 Å². The van der Waals surface area contributed by atoms with Crippen molar-refractivity contribution in [3.63, 3.8) is 0 Å². The van der Waals surface area contributed by atoms with Gasteiger partial charge in [-0.2, -0.15) is 11.8 Å². The minimum absolute atomic E-state index is 0.0732. The quantitative estimate of drug-likeness (QED) is 0.848. The summed E-state index contributed by atoms with van der Waals surface area (Å²) in [6.07, 6.45) is 2.90. The number of para-hydroxylation sites is 1. The van der Waals surface area contributed by atoms with Gasteiger partial charge < -0.3 is 10.4 Å². The molecule has 0 radical (unpaired) electrons. The van der Waals surface area contributed by atoms with Crippen LogP contribution >= 0.6 is 11.8 Å². The van der Waals surface area contributed by atoms with Crippen molar-refractivity contribution in [1.82, 2.24) is 5.32 Å². The Balaban J connectivity index is 2.79. The summed E-state index contributed by atoms with van der Waals surface area (Å²) in [5.41, 5.74) is 1.07. The lowest BCUT2D eigenvalue weighted by molar-refractivity contribution is 0.0937. The molecule has 0 saturated carbocycles. The highest BCUT2D eigenvalue weighted by atomic mass is 32.2. The van der Waals surface area contributed by atoms with E-state index in [4.69, 9.17) is 0 Å². The molecular formula is C13H19NO2S. The summed E-state index contributed by atoms with van der Waals surface area (Å²) in [7, 11) is 0. The highest BCUT2D eigenvalue weighted by Gasteiger charge is 2.15. The molecule has 0 saturated heterocycles. The van der Waals surface area contributed by atoms with Crippen molar-refractivity contribution in [2.24, 2.45) is 0 Å². The molecule has 2 N–H and O–H groups in total. The molecule has 1 aromatic rings. The number of phenolic OH excluding ortho intramolecular Hbond substituents is 1. The fraction of sp³-hybridized carbons (Fsp3) is 0.462. The van der Waals surface area contributed by atoms with Gasteiger partial charge in [-0.15, -0.1) is 0 Å². The topological polar surface area (TPSA) is 49.3 Å². The number of carbonyl (C=O) groups is 1. The van der Waals surface area contributed by atoms with Gasteiger partial charge in [0.2, 0.25) is 0 Å². The van der Waals surface area contributed by atoms with Crippen LogP contribution < -0.4 is 5.32 Å². The first kappa shape index (κ1) is 13.9. The van der Waals surface area contributed by atoms with Crippen molar-refractivity contribution in [1.29, 1.82) is 0 Å². The van der Waals surface area contributed by atoms with Crippen LogP contribution in [0.15, 0.2) is 18.2 Å². The maximum Gasteiger partial charge on any atom is 0.255 e. The Morgan fingerprint density at radius 2 is 2.24 bits per heavy atom. The van der Waals surface area contributed by atoms with E-state index in [2.05, 4.69) is 5.32 Å². The molecule has 0 aliphatic carbocycles. The van der Waals surface area contributed by atoms with Crippen LogP contribution in [0.25, 0.3) is 0 Å². The van der Waals surface area contributed by atoms with E-state index < -0.39 is 0 Å². The number of aromatic hydroxyl groups is 1. The molecule has 0 spiro atoms. The molecule has 1 rings (SSSR count). The van der Waals surface area contributed by atoms with Gasteiger partial charge >= 0.3 is 0 Å². The highest BCUT2D eigenvalue weighted by molar-refractivity contribution is 7.98. The number of benzene rings is 1. The van der Waals surface area contributed by atoms with Crippen LogP contribution in [-0.2, 0) is 0 Å². The van der Waals surface area contributed by atoms with E-state index in [-0.39, 0.29) is 17.7 Å². The summed E-state index contributed by atoms with van der Waals surface area (Å²) in [4.78, 5) is 12.0. The monoisotopic (exact) mass is 253 g/mol. The fourth-order valence-electron chi connectivity index (χ4n) is 1.57.